The molecule has 0 aliphatic carbocycles. The molecular weight excluding hydrogens is 363 g/mol. The molecule has 28 heavy (non-hydrogen) atoms. The number of nitrogens with zero attached hydrogens (tertiary/aromatic N) is 3. The number of amides is 1. The highest BCUT2D eigenvalue weighted by molar-refractivity contribution is 5.93. The first-order valence-corrected chi connectivity index (χ1v) is 8.84. The average molecular weight is 382 g/mol. The Bertz CT molecular complexity index is 970. The van der Waals surface area contributed by atoms with E-state index in [1.165, 1.54) is 12.1 Å². The van der Waals surface area contributed by atoms with Crippen LogP contribution in [0.1, 0.15) is 33.4 Å². The number of benzene rings is 2. The minimum atomic E-state index is -0.336. The normalized spacial score (nSPS) is 15.7. The van der Waals surface area contributed by atoms with Gasteiger partial charge in [0.25, 0.3) is 5.91 Å². The fourth-order valence-electron chi connectivity index (χ4n) is 3.08. The minimum absolute atomic E-state index is 0.171. The SMILES string of the molecule is COc1ccc(C2Cn3nnc(C(=O)NCc4ccc(F)cc4)c3CO2)cc1. The highest BCUT2D eigenvalue weighted by Gasteiger charge is 2.27. The van der Waals surface area contributed by atoms with Crippen LogP contribution in [0.4, 0.5) is 4.39 Å². The Hall–Kier alpha value is -3.26. The lowest BCUT2D eigenvalue weighted by atomic mass is 10.1. The van der Waals surface area contributed by atoms with Crippen LogP contribution in [0.2, 0.25) is 0 Å². The molecule has 1 aliphatic heterocycles. The number of carbonyl (C=O) groups is 1. The number of nitrogens with one attached hydrogen (secondary N) is 1. The maximum absolute atomic E-state index is 13.0. The topological polar surface area (TPSA) is 78.3 Å². The second-order valence-corrected chi connectivity index (χ2v) is 6.45. The molecule has 0 radical (unpaired) electrons. The molecule has 4 rings (SSSR count). The van der Waals surface area contributed by atoms with Crippen LogP contribution in [0.3, 0.4) is 0 Å². The van der Waals surface area contributed by atoms with Crippen LogP contribution >= 0.6 is 0 Å². The first-order chi connectivity index (χ1) is 13.6. The number of ether oxygens (including phenoxy) is 2. The van der Waals surface area contributed by atoms with Gasteiger partial charge in [0.1, 0.15) is 17.7 Å². The standard InChI is InChI=1S/C20H19FN4O3/c1-27-16-8-4-14(5-9-16)18-11-25-17(12-28-18)19(23-24-25)20(26)22-10-13-2-6-15(21)7-3-13/h2-9,18H,10-12H2,1H3,(H,22,26). The van der Waals surface area contributed by atoms with Gasteiger partial charge in [-0.2, -0.15) is 0 Å². The van der Waals surface area contributed by atoms with E-state index in [0.29, 0.717) is 12.2 Å². The van der Waals surface area contributed by atoms with Gasteiger partial charge in [-0.3, -0.25) is 4.79 Å². The van der Waals surface area contributed by atoms with Crippen molar-refractivity contribution < 1.29 is 18.7 Å². The number of hydrogen-bond donors (Lipinski definition) is 1. The second kappa shape index (κ2) is 7.77. The minimum Gasteiger partial charge on any atom is -0.497 e. The van der Waals surface area contributed by atoms with E-state index in [-0.39, 0.29) is 36.7 Å². The lowest BCUT2D eigenvalue weighted by molar-refractivity contribution is -0.00179. The smallest absolute Gasteiger partial charge is 0.274 e. The molecule has 1 unspecified atom stereocenters. The second-order valence-electron chi connectivity index (χ2n) is 6.45. The number of carbonyl (C=O) groups excluding carboxylic acids is 1. The Kier molecular flexibility index (Phi) is 5.03. The van der Waals surface area contributed by atoms with Crippen LogP contribution in [0, 0.1) is 5.82 Å². The fourth-order valence-corrected chi connectivity index (χ4v) is 3.08. The molecular formula is C20H19FN4O3. The molecule has 0 bridgehead atoms. The number of halogens is 1. The summed E-state index contributed by atoms with van der Waals surface area (Å²) in [5.74, 6) is 0.129. The lowest BCUT2D eigenvalue weighted by Crippen LogP contribution is -2.27. The lowest BCUT2D eigenvalue weighted by Gasteiger charge is -2.24. The van der Waals surface area contributed by atoms with Crippen molar-refractivity contribution in [2.24, 2.45) is 0 Å². The van der Waals surface area contributed by atoms with E-state index in [1.54, 1.807) is 23.9 Å². The third-order valence-corrected chi connectivity index (χ3v) is 4.67. The van der Waals surface area contributed by atoms with Crippen LogP contribution in [0.25, 0.3) is 0 Å². The van der Waals surface area contributed by atoms with Gasteiger partial charge in [-0.15, -0.1) is 5.10 Å². The van der Waals surface area contributed by atoms with Crippen molar-refractivity contribution in [1.29, 1.82) is 0 Å². The predicted molar refractivity (Wildman–Crippen MR) is 98.1 cm³/mol. The van der Waals surface area contributed by atoms with Crippen LogP contribution in [0.5, 0.6) is 5.75 Å². The fraction of sp³-hybridized carbons (Fsp3) is 0.250. The average Bonchev–Trinajstić information content (AvgIpc) is 3.16. The first kappa shape index (κ1) is 18.1. The molecule has 3 aromatic rings. The summed E-state index contributed by atoms with van der Waals surface area (Å²) >= 11 is 0. The van der Waals surface area contributed by atoms with E-state index in [9.17, 15) is 9.18 Å². The summed E-state index contributed by atoms with van der Waals surface area (Å²) < 4.78 is 25.8. The molecule has 1 aliphatic rings. The Balaban J connectivity index is 1.42. The Morgan fingerprint density at radius 2 is 2.00 bits per heavy atom. The Morgan fingerprint density at radius 1 is 1.25 bits per heavy atom. The predicted octanol–water partition coefficient (Wildman–Crippen LogP) is 2.63. The highest BCUT2D eigenvalue weighted by Crippen LogP contribution is 2.28. The monoisotopic (exact) mass is 382 g/mol. The maximum atomic E-state index is 13.0. The summed E-state index contributed by atoms with van der Waals surface area (Å²) in [4.78, 5) is 12.5. The molecule has 1 aromatic heterocycles. The third-order valence-electron chi connectivity index (χ3n) is 4.67. The van der Waals surface area contributed by atoms with E-state index < -0.39 is 0 Å². The first-order valence-electron chi connectivity index (χ1n) is 8.84. The van der Waals surface area contributed by atoms with Crippen LogP contribution < -0.4 is 10.1 Å². The molecule has 0 saturated carbocycles. The van der Waals surface area contributed by atoms with E-state index in [2.05, 4.69) is 15.6 Å². The van der Waals surface area contributed by atoms with Gasteiger partial charge in [0.15, 0.2) is 5.69 Å². The number of hydrogen-bond acceptors (Lipinski definition) is 5. The van der Waals surface area contributed by atoms with Gasteiger partial charge in [0.2, 0.25) is 0 Å². The van der Waals surface area contributed by atoms with Crippen LogP contribution in [-0.4, -0.2) is 28.0 Å². The number of aromatic nitrogens is 3. The van der Waals surface area contributed by atoms with Crippen molar-refractivity contribution >= 4 is 5.91 Å². The molecule has 2 aromatic carbocycles. The van der Waals surface area contributed by atoms with Gasteiger partial charge in [0.05, 0.1) is 26.0 Å². The van der Waals surface area contributed by atoms with Crippen molar-refractivity contribution in [3.05, 3.63) is 76.9 Å². The van der Waals surface area contributed by atoms with E-state index in [4.69, 9.17) is 9.47 Å². The zero-order valence-corrected chi connectivity index (χ0v) is 15.3. The van der Waals surface area contributed by atoms with Crippen molar-refractivity contribution in [3.63, 3.8) is 0 Å². The van der Waals surface area contributed by atoms with Gasteiger partial charge in [0, 0.05) is 6.54 Å². The Labute approximate surface area is 161 Å². The Morgan fingerprint density at radius 3 is 2.71 bits per heavy atom. The van der Waals surface area contributed by atoms with Crippen molar-refractivity contribution in [1.82, 2.24) is 20.3 Å². The highest BCUT2D eigenvalue weighted by atomic mass is 19.1. The van der Waals surface area contributed by atoms with Crippen molar-refractivity contribution in [3.8, 4) is 5.75 Å². The molecule has 1 atom stereocenters. The number of rotatable bonds is 5. The molecule has 1 N–H and O–H groups in total. The zero-order valence-electron chi connectivity index (χ0n) is 15.3. The number of fused-ring (bicyclic) bond motifs is 1. The van der Waals surface area contributed by atoms with Crippen molar-refractivity contribution in [2.45, 2.75) is 25.8 Å². The van der Waals surface area contributed by atoms with Gasteiger partial charge < -0.3 is 14.8 Å². The molecule has 0 spiro atoms. The van der Waals surface area contributed by atoms with Gasteiger partial charge >= 0.3 is 0 Å². The summed E-state index contributed by atoms with van der Waals surface area (Å²) in [7, 11) is 1.62. The van der Waals surface area contributed by atoms with Gasteiger partial charge in [-0.25, -0.2) is 9.07 Å². The van der Waals surface area contributed by atoms with Crippen molar-refractivity contribution in [2.75, 3.05) is 7.11 Å². The summed E-state index contributed by atoms with van der Waals surface area (Å²) in [6.07, 6.45) is -0.171. The van der Waals surface area contributed by atoms with E-state index >= 15 is 0 Å². The van der Waals surface area contributed by atoms with Gasteiger partial charge in [-0.1, -0.05) is 29.5 Å². The van der Waals surface area contributed by atoms with Crippen LogP contribution in [0.15, 0.2) is 48.5 Å². The summed E-state index contributed by atoms with van der Waals surface area (Å²) in [5, 5.41) is 10.9. The summed E-state index contributed by atoms with van der Waals surface area (Å²) in [6, 6.07) is 13.6. The molecule has 7 nitrogen and oxygen atoms in total. The zero-order chi connectivity index (χ0) is 19.5. The largest absolute Gasteiger partial charge is 0.497 e. The number of methoxy groups -OCH3 is 1. The molecule has 2 heterocycles. The van der Waals surface area contributed by atoms with Crippen LogP contribution in [-0.2, 0) is 24.4 Å². The molecule has 1 amide bonds. The quantitative estimate of drug-likeness (QED) is 0.734. The molecule has 144 valence electrons. The molecule has 0 fully saturated rings. The van der Waals surface area contributed by atoms with Gasteiger partial charge in [-0.05, 0) is 35.4 Å². The maximum Gasteiger partial charge on any atom is 0.274 e. The molecule has 8 heteroatoms. The van der Waals surface area contributed by atoms with E-state index in [1.807, 2.05) is 24.3 Å². The van der Waals surface area contributed by atoms with E-state index in [0.717, 1.165) is 16.9 Å². The third kappa shape index (κ3) is 3.72. The summed E-state index contributed by atoms with van der Waals surface area (Å²) in [6.45, 7) is 0.990. The summed E-state index contributed by atoms with van der Waals surface area (Å²) in [5.41, 5.74) is 2.69. The molecule has 0 saturated heterocycles.